The first-order chi connectivity index (χ1) is 9.24. The Morgan fingerprint density at radius 2 is 1.79 bits per heavy atom. The Balaban J connectivity index is 1.89. The van der Waals surface area contributed by atoms with Crippen LogP contribution in [0.25, 0.3) is 0 Å². The van der Waals surface area contributed by atoms with Crippen molar-refractivity contribution in [2.24, 2.45) is 5.73 Å². The molecule has 2 saturated heterocycles. The van der Waals surface area contributed by atoms with Gasteiger partial charge in [-0.1, -0.05) is 6.92 Å². The van der Waals surface area contributed by atoms with Gasteiger partial charge in [-0.05, 0) is 51.7 Å². The van der Waals surface area contributed by atoms with Crippen LogP contribution in [0.4, 0.5) is 0 Å². The maximum atomic E-state index is 6.16. The van der Waals surface area contributed by atoms with E-state index in [2.05, 4.69) is 16.7 Å². The third kappa shape index (κ3) is 3.48. The van der Waals surface area contributed by atoms with E-state index in [1.807, 2.05) is 7.11 Å². The first kappa shape index (κ1) is 15.2. The third-order valence-corrected chi connectivity index (χ3v) is 5.15. The molecule has 4 nitrogen and oxygen atoms in total. The molecular weight excluding hydrogens is 238 g/mol. The van der Waals surface area contributed by atoms with Crippen LogP contribution in [-0.2, 0) is 4.74 Å². The molecule has 0 bridgehead atoms. The van der Waals surface area contributed by atoms with Crippen molar-refractivity contribution in [1.29, 1.82) is 0 Å². The molecule has 0 spiro atoms. The summed E-state index contributed by atoms with van der Waals surface area (Å²) in [6.07, 6.45) is 6.52. The van der Waals surface area contributed by atoms with Crippen molar-refractivity contribution in [3.8, 4) is 0 Å². The lowest BCUT2D eigenvalue weighted by molar-refractivity contribution is -0.0268. The summed E-state index contributed by atoms with van der Waals surface area (Å²) in [5.74, 6) is 0. The summed E-state index contributed by atoms with van der Waals surface area (Å²) in [5, 5.41) is 0. The normalized spacial score (nSPS) is 26.7. The van der Waals surface area contributed by atoms with Crippen LogP contribution < -0.4 is 5.73 Å². The number of nitrogens with zero attached hydrogens (tertiary/aromatic N) is 2. The van der Waals surface area contributed by atoms with Gasteiger partial charge >= 0.3 is 0 Å². The zero-order chi connectivity index (χ0) is 13.7. The van der Waals surface area contributed by atoms with Gasteiger partial charge in [0.05, 0.1) is 6.10 Å². The molecule has 0 amide bonds. The van der Waals surface area contributed by atoms with Crippen LogP contribution in [0.1, 0.15) is 39.0 Å². The number of hydrogen-bond acceptors (Lipinski definition) is 4. The molecule has 0 atom stereocenters. The Labute approximate surface area is 118 Å². The maximum Gasteiger partial charge on any atom is 0.0595 e. The Morgan fingerprint density at radius 3 is 2.26 bits per heavy atom. The fourth-order valence-electron chi connectivity index (χ4n) is 3.72. The summed E-state index contributed by atoms with van der Waals surface area (Å²) in [6, 6.07) is 0. The zero-order valence-electron chi connectivity index (χ0n) is 12.7. The minimum absolute atomic E-state index is 0.267. The molecule has 2 fully saturated rings. The van der Waals surface area contributed by atoms with E-state index in [4.69, 9.17) is 10.5 Å². The highest BCUT2D eigenvalue weighted by atomic mass is 16.5. The SMILES string of the molecule is CCCN1CCC(CN)(N2CCC(OC)CC2)CC1. The number of ether oxygens (including phenoxy) is 1. The van der Waals surface area contributed by atoms with Crippen LogP contribution in [0, 0.1) is 0 Å². The first-order valence-corrected chi connectivity index (χ1v) is 7.94. The van der Waals surface area contributed by atoms with E-state index in [0.717, 1.165) is 32.5 Å². The van der Waals surface area contributed by atoms with E-state index < -0.39 is 0 Å². The van der Waals surface area contributed by atoms with Gasteiger partial charge < -0.3 is 15.4 Å². The molecular formula is C15H31N3O. The maximum absolute atomic E-state index is 6.16. The smallest absolute Gasteiger partial charge is 0.0595 e. The molecule has 0 unspecified atom stereocenters. The van der Waals surface area contributed by atoms with E-state index in [9.17, 15) is 0 Å². The molecule has 0 saturated carbocycles. The Kier molecular flexibility index (Phi) is 5.63. The molecule has 2 heterocycles. The van der Waals surface area contributed by atoms with Crippen LogP contribution in [0.3, 0.4) is 0 Å². The first-order valence-electron chi connectivity index (χ1n) is 7.94. The van der Waals surface area contributed by atoms with Crippen LogP contribution in [0.5, 0.6) is 0 Å². The molecule has 0 aromatic heterocycles. The molecule has 0 aromatic carbocycles. The van der Waals surface area contributed by atoms with Crippen molar-refractivity contribution in [3.63, 3.8) is 0 Å². The van der Waals surface area contributed by atoms with Crippen LogP contribution in [-0.4, -0.2) is 67.8 Å². The number of piperidine rings is 2. The topological polar surface area (TPSA) is 41.7 Å². The highest BCUT2D eigenvalue weighted by Crippen LogP contribution is 2.31. The standard InChI is InChI=1S/C15H31N3O/c1-3-8-17-11-6-15(13-16,7-12-17)18-9-4-14(19-2)5-10-18/h14H,3-13,16H2,1-2H3. The molecule has 2 aliphatic heterocycles. The summed E-state index contributed by atoms with van der Waals surface area (Å²) in [5.41, 5.74) is 6.43. The summed E-state index contributed by atoms with van der Waals surface area (Å²) in [4.78, 5) is 5.25. The number of rotatable bonds is 5. The van der Waals surface area contributed by atoms with Crippen molar-refractivity contribution in [1.82, 2.24) is 9.80 Å². The van der Waals surface area contributed by atoms with Gasteiger partial charge in [-0.3, -0.25) is 4.90 Å². The zero-order valence-corrected chi connectivity index (χ0v) is 12.7. The van der Waals surface area contributed by atoms with E-state index in [0.29, 0.717) is 6.10 Å². The second-order valence-corrected chi connectivity index (χ2v) is 6.19. The predicted molar refractivity (Wildman–Crippen MR) is 79.4 cm³/mol. The van der Waals surface area contributed by atoms with Crippen molar-refractivity contribution in [2.45, 2.75) is 50.7 Å². The molecule has 2 rings (SSSR count). The fourth-order valence-corrected chi connectivity index (χ4v) is 3.72. The minimum Gasteiger partial charge on any atom is -0.381 e. The van der Waals surface area contributed by atoms with Gasteiger partial charge in [0.15, 0.2) is 0 Å². The molecule has 0 aliphatic carbocycles. The van der Waals surface area contributed by atoms with E-state index >= 15 is 0 Å². The largest absolute Gasteiger partial charge is 0.381 e. The van der Waals surface area contributed by atoms with Crippen LogP contribution in [0.2, 0.25) is 0 Å². The van der Waals surface area contributed by atoms with Crippen molar-refractivity contribution < 1.29 is 4.74 Å². The van der Waals surface area contributed by atoms with Gasteiger partial charge in [0.2, 0.25) is 0 Å². The van der Waals surface area contributed by atoms with Crippen LogP contribution in [0.15, 0.2) is 0 Å². The Bertz CT molecular complexity index is 256. The lowest BCUT2D eigenvalue weighted by Gasteiger charge is -2.50. The highest BCUT2D eigenvalue weighted by Gasteiger charge is 2.39. The van der Waals surface area contributed by atoms with Crippen LogP contribution >= 0.6 is 0 Å². The molecule has 112 valence electrons. The van der Waals surface area contributed by atoms with Gasteiger partial charge in [-0.2, -0.15) is 0 Å². The van der Waals surface area contributed by atoms with Gasteiger partial charge in [0.1, 0.15) is 0 Å². The number of likely N-dealkylation sites (tertiary alicyclic amines) is 2. The summed E-state index contributed by atoms with van der Waals surface area (Å²) in [7, 11) is 1.84. The van der Waals surface area contributed by atoms with E-state index in [1.165, 1.54) is 38.9 Å². The minimum atomic E-state index is 0.267. The third-order valence-electron chi connectivity index (χ3n) is 5.15. The summed E-state index contributed by atoms with van der Waals surface area (Å²) >= 11 is 0. The van der Waals surface area contributed by atoms with E-state index in [1.54, 1.807) is 0 Å². The number of nitrogens with two attached hydrogens (primary N) is 1. The Hall–Kier alpha value is -0.160. The van der Waals surface area contributed by atoms with Gasteiger partial charge in [0.25, 0.3) is 0 Å². The molecule has 0 radical (unpaired) electrons. The summed E-state index contributed by atoms with van der Waals surface area (Å²) in [6.45, 7) is 9.06. The molecule has 2 N–H and O–H groups in total. The van der Waals surface area contributed by atoms with Crippen molar-refractivity contribution in [2.75, 3.05) is 46.4 Å². The van der Waals surface area contributed by atoms with E-state index in [-0.39, 0.29) is 5.54 Å². The Morgan fingerprint density at radius 1 is 1.16 bits per heavy atom. The lowest BCUT2D eigenvalue weighted by Crippen LogP contribution is -2.61. The molecule has 19 heavy (non-hydrogen) atoms. The lowest BCUT2D eigenvalue weighted by atomic mass is 9.84. The monoisotopic (exact) mass is 269 g/mol. The average Bonchev–Trinajstić information content (AvgIpc) is 2.49. The van der Waals surface area contributed by atoms with Crippen molar-refractivity contribution in [3.05, 3.63) is 0 Å². The average molecular weight is 269 g/mol. The highest BCUT2D eigenvalue weighted by molar-refractivity contribution is 4.97. The fraction of sp³-hybridized carbons (Fsp3) is 1.00. The van der Waals surface area contributed by atoms with Gasteiger partial charge in [0, 0.05) is 32.3 Å². The molecule has 0 aromatic rings. The molecule has 2 aliphatic rings. The predicted octanol–water partition coefficient (Wildman–Crippen LogP) is 1.30. The second-order valence-electron chi connectivity index (χ2n) is 6.19. The van der Waals surface area contributed by atoms with Crippen molar-refractivity contribution >= 4 is 0 Å². The summed E-state index contributed by atoms with van der Waals surface area (Å²) < 4.78 is 5.48. The number of methoxy groups -OCH3 is 1. The van der Waals surface area contributed by atoms with Gasteiger partial charge in [-0.25, -0.2) is 0 Å². The molecule has 4 heteroatoms. The van der Waals surface area contributed by atoms with Gasteiger partial charge in [-0.15, -0.1) is 0 Å². The quantitative estimate of drug-likeness (QED) is 0.817. The number of hydrogen-bond donors (Lipinski definition) is 1. The second kappa shape index (κ2) is 7.02.